The van der Waals surface area contributed by atoms with Gasteiger partial charge in [-0.15, -0.1) is 0 Å². The third kappa shape index (κ3) is 2.04. The lowest BCUT2D eigenvalue weighted by atomic mass is 10.0. The molecule has 3 heterocycles. The van der Waals surface area contributed by atoms with Gasteiger partial charge in [0.25, 0.3) is 0 Å². The lowest BCUT2D eigenvalue weighted by Gasteiger charge is -2.42. The molecule has 0 aromatic carbocycles. The molecule has 2 saturated heterocycles. The van der Waals surface area contributed by atoms with Gasteiger partial charge in [0.05, 0.1) is 0 Å². The minimum atomic E-state index is -0.281. The van der Waals surface area contributed by atoms with E-state index in [-0.39, 0.29) is 23.9 Å². The van der Waals surface area contributed by atoms with E-state index in [2.05, 4.69) is 17.7 Å². The number of fused-ring (bicyclic) bond motifs is 1. The van der Waals surface area contributed by atoms with Crippen LogP contribution in [0.5, 0.6) is 0 Å². The van der Waals surface area contributed by atoms with Gasteiger partial charge < -0.3 is 9.80 Å². The highest BCUT2D eigenvalue weighted by atomic mass is 32.1. The van der Waals surface area contributed by atoms with Crippen molar-refractivity contribution in [3.8, 4) is 0 Å². The Morgan fingerprint density at radius 2 is 2.10 bits per heavy atom. The van der Waals surface area contributed by atoms with Crippen LogP contribution >= 0.6 is 11.3 Å². The van der Waals surface area contributed by atoms with Gasteiger partial charge in [-0.05, 0) is 48.1 Å². The summed E-state index contributed by atoms with van der Waals surface area (Å²) in [6.07, 6.45) is 2.46. The zero-order chi connectivity index (χ0) is 14.3. The van der Waals surface area contributed by atoms with Crippen LogP contribution in [-0.2, 0) is 16.1 Å². The van der Waals surface area contributed by atoms with E-state index in [0.717, 1.165) is 19.4 Å². The molecule has 1 aromatic heterocycles. The Kier molecular flexibility index (Phi) is 3.54. The van der Waals surface area contributed by atoms with Crippen LogP contribution in [0.25, 0.3) is 0 Å². The predicted octanol–water partition coefficient (Wildman–Crippen LogP) is 2.17. The molecular weight excluding hydrogens is 272 g/mol. The largest absolute Gasteiger partial charge is 0.329 e. The van der Waals surface area contributed by atoms with Crippen LogP contribution in [0.4, 0.5) is 0 Å². The highest BCUT2D eigenvalue weighted by molar-refractivity contribution is 7.08. The molecule has 2 atom stereocenters. The minimum absolute atomic E-state index is 0.138. The molecule has 0 aliphatic carbocycles. The molecular formula is C15H20N2O2S. The third-order valence-corrected chi connectivity index (χ3v) is 5.36. The van der Waals surface area contributed by atoms with Gasteiger partial charge in [-0.1, -0.05) is 6.92 Å². The first kappa shape index (κ1) is 13.6. The second-order valence-electron chi connectivity index (χ2n) is 5.66. The van der Waals surface area contributed by atoms with Gasteiger partial charge in [-0.2, -0.15) is 11.3 Å². The standard InChI is InChI=1S/C15H20N2O2S/c1-3-12-14(18)16-6-4-5-13(16)15(19)17(12)7-11-9-20-8-10(11)2/h8-9,12-13H,3-7H2,1-2H3. The van der Waals surface area contributed by atoms with E-state index in [0.29, 0.717) is 13.0 Å². The number of carbonyl (C=O) groups is 2. The Morgan fingerprint density at radius 1 is 1.30 bits per heavy atom. The summed E-state index contributed by atoms with van der Waals surface area (Å²) in [6.45, 7) is 5.37. The van der Waals surface area contributed by atoms with Crippen LogP contribution in [0.2, 0.25) is 0 Å². The first-order chi connectivity index (χ1) is 9.63. The average molecular weight is 292 g/mol. The normalized spacial score (nSPS) is 26.3. The van der Waals surface area contributed by atoms with E-state index < -0.39 is 0 Å². The second kappa shape index (κ2) is 5.20. The average Bonchev–Trinajstić information content (AvgIpc) is 3.06. The molecule has 2 aliphatic heterocycles. The van der Waals surface area contributed by atoms with Crippen LogP contribution in [0.15, 0.2) is 10.8 Å². The van der Waals surface area contributed by atoms with Crippen LogP contribution < -0.4 is 0 Å². The fourth-order valence-electron chi connectivity index (χ4n) is 3.27. The van der Waals surface area contributed by atoms with Gasteiger partial charge in [0.15, 0.2) is 0 Å². The topological polar surface area (TPSA) is 40.6 Å². The molecule has 0 N–H and O–H groups in total. The Morgan fingerprint density at radius 3 is 2.75 bits per heavy atom. The van der Waals surface area contributed by atoms with E-state index in [9.17, 15) is 9.59 Å². The van der Waals surface area contributed by atoms with Crippen molar-refractivity contribution >= 4 is 23.2 Å². The molecule has 3 rings (SSSR count). The lowest BCUT2D eigenvalue weighted by molar-refractivity contribution is -0.160. The maximum absolute atomic E-state index is 12.7. The van der Waals surface area contributed by atoms with Gasteiger partial charge in [-0.25, -0.2) is 0 Å². The van der Waals surface area contributed by atoms with E-state index in [1.165, 1.54) is 11.1 Å². The zero-order valence-electron chi connectivity index (χ0n) is 12.0. The second-order valence-corrected chi connectivity index (χ2v) is 6.40. The van der Waals surface area contributed by atoms with Gasteiger partial charge >= 0.3 is 0 Å². The summed E-state index contributed by atoms with van der Waals surface area (Å²) in [5.74, 6) is 0.280. The number of rotatable bonds is 3. The molecule has 0 radical (unpaired) electrons. The van der Waals surface area contributed by atoms with Crippen molar-refractivity contribution in [1.29, 1.82) is 0 Å². The molecule has 0 saturated carbocycles. The van der Waals surface area contributed by atoms with Gasteiger partial charge in [0.2, 0.25) is 11.8 Å². The van der Waals surface area contributed by atoms with Crippen molar-refractivity contribution in [2.45, 2.75) is 51.7 Å². The van der Waals surface area contributed by atoms with E-state index >= 15 is 0 Å². The number of carbonyl (C=O) groups excluding carboxylic acids is 2. The van der Waals surface area contributed by atoms with E-state index in [1.54, 1.807) is 16.2 Å². The Balaban J connectivity index is 1.89. The molecule has 2 fully saturated rings. The Bertz CT molecular complexity index is 540. The molecule has 108 valence electrons. The molecule has 2 unspecified atom stereocenters. The summed E-state index contributed by atoms with van der Waals surface area (Å²) in [5, 5.41) is 4.18. The molecule has 4 nitrogen and oxygen atoms in total. The SMILES string of the molecule is CCC1C(=O)N2CCCC2C(=O)N1Cc1cscc1C. The summed E-state index contributed by atoms with van der Waals surface area (Å²) < 4.78 is 0. The van der Waals surface area contributed by atoms with Gasteiger partial charge in [-0.3, -0.25) is 9.59 Å². The Hall–Kier alpha value is -1.36. The smallest absolute Gasteiger partial charge is 0.246 e. The predicted molar refractivity (Wildman–Crippen MR) is 78.4 cm³/mol. The number of piperazine rings is 1. The van der Waals surface area contributed by atoms with Gasteiger partial charge in [0.1, 0.15) is 12.1 Å². The highest BCUT2D eigenvalue weighted by Gasteiger charge is 2.46. The van der Waals surface area contributed by atoms with Crippen LogP contribution in [0, 0.1) is 6.92 Å². The van der Waals surface area contributed by atoms with E-state index in [1.807, 2.05) is 11.8 Å². The molecule has 5 heteroatoms. The van der Waals surface area contributed by atoms with Crippen LogP contribution in [0.3, 0.4) is 0 Å². The fraction of sp³-hybridized carbons (Fsp3) is 0.600. The molecule has 2 amide bonds. The number of hydrogen-bond donors (Lipinski definition) is 0. The fourth-order valence-corrected chi connectivity index (χ4v) is 4.12. The van der Waals surface area contributed by atoms with Crippen molar-refractivity contribution < 1.29 is 9.59 Å². The first-order valence-electron chi connectivity index (χ1n) is 7.26. The third-order valence-electron chi connectivity index (χ3n) is 4.45. The van der Waals surface area contributed by atoms with Crippen molar-refractivity contribution in [3.05, 3.63) is 21.9 Å². The van der Waals surface area contributed by atoms with Crippen LogP contribution in [0.1, 0.15) is 37.3 Å². The molecule has 20 heavy (non-hydrogen) atoms. The lowest BCUT2D eigenvalue weighted by Crippen LogP contribution is -2.62. The summed E-state index contributed by atoms with van der Waals surface area (Å²) in [4.78, 5) is 28.8. The zero-order valence-corrected chi connectivity index (χ0v) is 12.8. The molecule has 1 aromatic rings. The number of amides is 2. The number of aryl methyl sites for hydroxylation is 1. The maximum Gasteiger partial charge on any atom is 0.246 e. The summed E-state index contributed by atoms with van der Waals surface area (Å²) >= 11 is 1.65. The highest BCUT2D eigenvalue weighted by Crippen LogP contribution is 2.30. The van der Waals surface area contributed by atoms with Crippen molar-refractivity contribution in [2.24, 2.45) is 0 Å². The quantitative estimate of drug-likeness (QED) is 0.856. The van der Waals surface area contributed by atoms with Crippen LogP contribution in [-0.4, -0.2) is 40.2 Å². The summed E-state index contributed by atoms with van der Waals surface area (Å²) in [5.41, 5.74) is 2.38. The van der Waals surface area contributed by atoms with Crippen molar-refractivity contribution in [2.75, 3.05) is 6.54 Å². The number of thiophene rings is 1. The van der Waals surface area contributed by atoms with E-state index in [4.69, 9.17) is 0 Å². The van der Waals surface area contributed by atoms with Gasteiger partial charge in [0, 0.05) is 13.1 Å². The Labute approximate surface area is 123 Å². The number of nitrogens with zero attached hydrogens (tertiary/aromatic N) is 2. The molecule has 2 aliphatic rings. The summed E-state index contributed by atoms with van der Waals surface area (Å²) in [6, 6.07) is -0.486. The minimum Gasteiger partial charge on any atom is -0.329 e. The molecule has 0 bridgehead atoms. The number of hydrogen-bond acceptors (Lipinski definition) is 3. The maximum atomic E-state index is 12.7. The molecule has 0 spiro atoms. The first-order valence-corrected chi connectivity index (χ1v) is 8.20. The monoisotopic (exact) mass is 292 g/mol. The van der Waals surface area contributed by atoms with Crippen molar-refractivity contribution in [3.63, 3.8) is 0 Å². The summed E-state index contributed by atoms with van der Waals surface area (Å²) in [7, 11) is 0. The van der Waals surface area contributed by atoms with Crippen molar-refractivity contribution in [1.82, 2.24) is 9.80 Å².